The van der Waals surface area contributed by atoms with Crippen LogP contribution >= 0.6 is 0 Å². The van der Waals surface area contributed by atoms with E-state index in [0.717, 1.165) is 37.8 Å². The van der Waals surface area contributed by atoms with E-state index in [0.29, 0.717) is 17.9 Å². The van der Waals surface area contributed by atoms with Crippen LogP contribution in [0.4, 0.5) is 5.69 Å². The minimum absolute atomic E-state index is 0.137. The summed E-state index contributed by atoms with van der Waals surface area (Å²) in [6.45, 7) is 1.10. The van der Waals surface area contributed by atoms with E-state index in [2.05, 4.69) is 5.32 Å². The van der Waals surface area contributed by atoms with Crippen LogP contribution in [0.1, 0.15) is 29.6 Å². The number of aldehydes is 1. The van der Waals surface area contributed by atoms with Gasteiger partial charge in [0.05, 0.1) is 12.3 Å². The predicted octanol–water partition coefficient (Wildman–Crippen LogP) is 2.25. The number of nitrogens with two attached hydrogens (primary N) is 1. The first kappa shape index (κ1) is 14.6. The van der Waals surface area contributed by atoms with Gasteiger partial charge in [0.2, 0.25) is 0 Å². The molecule has 0 spiro atoms. The Kier molecular flexibility index (Phi) is 5.58. The lowest BCUT2D eigenvalue weighted by Gasteiger charge is -2.22. The zero-order valence-electron chi connectivity index (χ0n) is 11.4. The van der Waals surface area contributed by atoms with Crippen molar-refractivity contribution in [3.05, 3.63) is 41.7 Å². The molecule has 0 bridgehead atoms. The summed E-state index contributed by atoms with van der Waals surface area (Å²) in [5, 5.41) is 3.06. The summed E-state index contributed by atoms with van der Waals surface area (Å²) in [6, 6.07) is 7.12. The van der Waals surface area contributed by atoms with Gasteiger partial charge in [-0.05, 0) is 43.5 Å². The third-order valence-corrected chi connectivity index (χ3v) is 3.04. The Morgan fingerprint density at radius 3 is 2.85 bits per heavy atom. The molecular weight excluding hydrogens is 256 g/mol. The SMILES string of the molecule is N/C(=C\Nc1ccc(C=O)cc1)COC1CCCCO1. The molecule has 1 aliphatic rings. The smallest absolute Gasteiger partial charge is 0.158 e. The maximum Gasteiger partial charge on any atom is 0.158 e. The van der Waals surface area contributed by atoms with Crippen molar-refractivity contribution in [3.63, 3.8) is 0 Å². The van der Waals surface area contributed by atoms with Gasteiger partial charge in [0.15, 0.2) is 6.29 Å². The number of carbonyl (C=O) groups is 1. The van der Waals surface area contributed by atoms with Crippen LogP contribution < -0.4 is 11.1 Å². The van der Waals surface area contributed by atoms with Crippen LogP contribution in [0.2, 0.25) is 0 Å². The zero-order valence-corrected chi connectivity index (χ0v) is 11.4. The molecule has 0 radical (unpaired) electrons. The van der Waals surface area contributed by atoms with Gasteiger partial charge in [-0.2, -0.15) is 0 Å². The van der Waals surface area contributed by atoms with Crippen molar-refractivity contribution in [1.29, 1.82) is 0 Å². The Labute approximate surface area is 118 Å². The Bertz CT molecular complexity index is 451. The molecule has 2 rings (SSSR count). The normalized spacial score (nSPS) is 19.6. The van der Waals surface area contributed by atoms with Crippen molar-refractivity contribution in [2.24, 2.45) is 5.73 Å². The van der Waals surface area contributed by atoms with Crippen LogP contribution in [0.25, 0.3) is 0 Å². The Balaban J connectivity index is 1.76. The van der Waals surface area contributed by atoms with Crippen molar-refractivity contribution in [2.75, 3.05) is 18.5 Å². The standard InChI is InChI=1S/C15H20N2O3/c16-13(11-20-15-3-1-2-8-19-15)9-17-14-6-4-12(10-18)5-7-14/h4-7,9-10,15,17H,1-3,8,11,16H2/b13-9-. The molecule has 0 aromatic heterocycles. The number of carbonyl (C=O) groups excluding carboxylic acids is 1. The van der Waals surface area contributed by atoms with Crippen molar-refractivity contribution in [3.8, 4) is 0 Å². The molecule has 3 N–H and O–H groups in total. The van der Waals surface area contributed by atoms with E-state index in [9.17, 15) is 4.79 Å². The summed E-state index contributed by atoms with van der Waals surface area (Å²) in [7, 11) is 0. The van der Waals surface area contributed by atoms with Crippen molar-refractivity contribution in [2.45, 2.75) is 25.6 Å². The highest BCUT2D eigenvalue weighted by Crippen LogP contribution is 2.14. The average molecular weight is 276 g/mol. The number of benzene rings is 1. The molecule has 1 unspecified atom stereocenters. The van der Waals surface area contributed by atoms with Gasteiger partial charge in [0, 0.05) is 24.1 Å². The molecule has 1 saturated heterocycles. The zero-order chi connectivity index (χ0) is 14.2. The fourth-order valence-electron chi connectivity index (χ4n) is 1.91. The quantitative estimate of drug-likeness (QED) is 0.780. The predicted molar refractivity (Wildman–Crippen MR) is 77.3 cm³/mol. The molecule has 108 valence electrons. The van der Waals surface area contributed by atoms with E-state index in [-0.39, 0.29) is 6.29 Å². The largest absolute Gasteiger partial charge is 0.399 e. The third kappa shape index (κ3) is 4.68. The van der Waals surface area contributed by atoms with E-state index in [4.69, 9.17) is 15.2 Å². The second-order valence-electron chi connectivity index (χ2n) is 4.71. The third-order valence-electron chi connectivity index (χ3n) is 3.04. The van der Waals surface area contributed by atoms with Crippen LogP contribution in [0, 0.1) is 0 Å². The number of anilines is 1. The number of hydrogen-bond acceptors (Lipinski definition) is 5. The highest BCUT2D eigenvalue weighted by molar-refractivity contribution is 5.75. The van der Waals surface area contributed by atoms with Crippen molar-refractivity contribution >= 4 is 12.0 Å². The maximum absolute atomic E-state index is 10.5. The first-order chi connectivity index (χ1) is 9.78. The Hall–Kier alpha value is -1.85. The summed E-state index contributed by atoms with van der Waals surface area (Å²) in [6.07, 6.45) is 5.53. The average Bonchev–Trinajstić information content (AvgIpc) is 2.52. The molecule has 1 aromatic rings. The Morgan fingerprint density at radius 2 is 2.20 bits per heavy atom. The van der Waals surface area contributed by atoms with Crippen LogP contribution in [0.5, 0.6) is 0 Å². The second kappa shape index (κ2) is 7.67. The second-order valence-corrected chi connectivity index (χ2v) is 4.71. The molecule has 0 amide bonds. The molecule has 5 nitrogen and oxygen atoms in total. The summed E-state index contributed by atoms with van der Waals surface area (Å²) in [5.74, 6) is 0. The first-order valence-electron chi connectivity index (χ1n) is 6.77. The van der Waals surface area contributed by atoms with Gasteiger partial charge in [-0.25, -0.2) is 0 Å². The Morgan fingerprint density at radius 1 is 1.40 bits per heavy atom. The number of rotatable bonds is 6. The highest BCUT2D eigenvalue weighted by Gasteiger charge is 2.13. The minimum Gasteiger partial charge on any atom is -0.399 e. The van der Waals surface area contributed by atoms with E-state index in [1.807, 2.05) is 12.1 Å². The summed E-state index contributed by atoms with van der Waals surface area (Å²) in [4.78, 5) is 10.5. The molecule has 0 aliphatic carbocycles. The van der Waals surface area contributed by atoms with Crippen molar-refractivity contribution < 1.29 is 14.3 Å². The summed E-state index contributed by atoms with van der Waals surface area (Å²) < 4.78 is 11.0. The molecule has 1 fully saturated rings. The van der Waals surface area contributed by atoms with Crippen LogP contribution in [0.3, 0.4) is 0 Å². The molecule has 1 heterocycles. The van der Waals surface area contributed by atoms with E-state index in [1.165, 1.54) is 0 Å². The number of nitrogens with one attached hydrogen (secondary N) is 1. The van der Waals surface area contributed by atoms with Crippen LogP contribution in [0.15, 0.2) is 36.2 Å². The van der Waals surface area contributed by atoms with Crippen LogP contribution in [-0.4, -0.2) is 25.8 Å². The minimum atomic E-state index is -0.137. The van der Waals surface area contributed by atoms with Gasteiger partial charge in [-0.1, -0.05) is 0 Å². The maximum atomic E-state index is 10.5. The summed E-state index contributed by atoms with van der Waals surface area (Å²) in [5.41, 5.74) is 7.96. The van der Waals surface area contributed by atoms with E-state index in [1.54, 1.807) is 18.3 Å². The topological polar surface area (TPSA) is 73.6 Å². The molecule has 5 heteroatoms. The lowest BCUT2D eigenvalue weighted by atomic mass is 10.2. The fraction of sp³-hybridized carbons (Fsp3) is 0.400. The molecule has 0 saturated carbocycles. The van der Waals surface area contributed by atoms with E-state index < -0.39 is 0 Å². The molecule has 1 aliphatic heterocycles. The summed E-state index contributed by atoms with van der Waals surface area (Å²) >= 11 is 0. The van der Waals surface area contributed by atoms with E-state index >= 15 is 0 Å². The fourth-order valence-corrected chi connectivity index (χ4v) is 1.91. The first-order valence-corrected chi connectivity index (χ1v) is 6.77. The molecule has 20 heavy (non-hydrogen) atoms. The van der Waals surface area contributed by atoms with Gasteiger partial charge in [-0.3, -0.25) is 4.79 Å². The number of ether oxygens (including phenoxy) is 2. The van der Waals surface area contributed by atoms with Gasteiger partial charge in [0.25, 0.3) is 0 Å². The lowest BCUT2D eigenvalue weighted by Crippen LogP contribution is -2.24. The lowest BCUT2D eigenvalue weighted by molar-refractivity contribution is -0.157. The van der Waals surface area contributed by atoms with Crippen LogP contribution in [-0.2, 0) is 9.47 Å². The van der Waals surface area contributed by atoms with Gasteiger partial charge in [0.1, 0.15) is 6.29 Å². The van der Waals surface area contributed by atoms with Gasteiger partial charge in [-0.15, -0.1) is 0 Å². The van der Waals surface area contributed by atoms with Gasteiger partial charge < -0.3 is 20.5 Å². The monoisotopic (exact) mass is 276 g/mol. The molecular formula is C15H20N2O3. The number of hydrogen-bond donors (Lipinski definition) is 2. The molecule has 1 atom stereocenters. The van der Waals surface area contributed by atoms with Gasteiger partial charge >= 0.3 is 0 Å². The van der Waals surface area contributed by atoms with Crippen molar-refractivity contribution in [1.82, 2.24) is 0 Å². The molecule has 1 aromatic carbocycles. The highest BCUT2D eigenvalue weighted by atomic mass is 16.7.